The number of hydrogen-bond acceptors (Lipinski definition) is 0. The SMILES string of the molecule is FC1CCC(F)(F)C1.F[C@@H]1CCC(F)(F)C1. The van der Waals surface area contributed by atoms with Crippen LogP contribution in [0.2, 0.25) is 0 Å². The van der Waals surface area contributed by atoms with Gasteiger partial charge in [-0.1, -0.05) is 0 Å². The smallest absolute Gasteiger partial charge is 0.247 e. The van der Waals surface area contributed by atoms with E-state index in [1.54, 1.807) is 0 Å². The van der Waals surface area contributed by atoms with E-state index in [0.717, 1.165) is 0 Å². The fourth-order valence-electron chi connectivity index (χ4n) is 1.79. The van der Waals surface area contributed by atoms with Crippen molar-refractivity contribution in [1.82, 2.24) is 0 Å². The van der Waals surface area contributed by atoms with Crippen LogP contribution in [-0.2, 0) is 0 Å². The Morgan fingerprint density at radius 3 is 1.06 bits per heavy atom. The lowest BCUT2D eigenvalue weighted by molar-refractivity contribution is 0.00241. The Kier molecular flexibility index (Phi) is 4.12. The fourth-order valence-corrected chi connectivity index (χ4v) is 1.79. The van der Waals surface area contributed by atoms with Crippen molar-refractivity contribution in [3.63, 3.8) is 0 Å². The molecule has 0 heterocycles. The normalized spacial score (nSPS) is 35.6. The quantitative estimate of drug-likeness (QED) is 0.561. The maximum atomic E-state index is 12.0. The first-order valence-corrected chi connectivity index (χ1v) is 5.24. The maximum absolute atomic E-state index is 12.0. The molecule has 16 heavy (non-hydrogen) atoms. The highest BCUT2D eigenvalue weighted by atomic mass is 19.3. The molecule has 0 aromatic rings. The van der Waals surface area contributed by atoms with Gasteiger partial charge in [0.05, 0.1) is 0 Å². The Hall–Kier alpha value is -0.420. The van der Waals surface area contributed by atoms with Crippen LogP contribution in [0.1, 0.15) is 38.5 Å². The summed E-state index contributed by atoms with van der Waals surface area (Å²) in [5.41, 5.74) is 0. The number of halogens is 6. The molecule has 2 aliphatic rings. The highest BCUT2D eigenvalue weighted by Crippen LogP contribution is 2.36. The van der Waals surface area contributed by atoms with Crippen LogP contribution in [-0.4, -0.2) is 24.2 Å². The van der Waals surface area contributed by atoms with Gasteiger partial charge in [0.25, 0.3) is 11.8 Å². The van der Waals surface area contributed by atoms with Crippen LogP contribution in [0.15, 0.2) is 0 Å². The summed E-state index contributed by atoms with van der Waals surface area (Å²) in [5.74, 6) is -5.42. The Balaban J connectivity index is 0.000000160. The molecule has 2 atom stereocenters. The van der Waals surface area contributed by atoms with Crippen molar-refractivity contribution in [2.75, 3.05) is 0 Å². The van der Waals surface area contributed by atoms with Gasteiger partial charge in [-0.3, -0.25) is 0 Å². The minimum atomic E-state index is -2.71. The standard InChI is InChI=1S/2C5H7F3/c2*6-4-1-2-5(7,8)3-4/h2*4H,1-3H2/t4-;/m1./s1. The summed E-state index contributed by atoms with van der Waals surface area (Å²) in [6, 6.07) is 0. The van der Waals surface area contributed by atoms with Gasteiger partial charge in [-0.05, 0) is 12.8 Å². The predicted molar refractivity (Wildman–Crippen MR) is 47.4 cm³/mol. The third-order valence-electron chi connectivity index (χ3n) is 2.69. The average molecular weight is 248 g/mol. The summed E-state index contributed by atoms with van der Waals surface area (Å²) in [6.07, 6.45) is -4.11. The Labute approximate surface area is 90.0 Å². The van der Waals surface area contributed by atoms with Gasteiger partial charge in [0.15, 0.2) is 0 Å². The van der Waals surface area contributed by atoms with E-state index >= 15 is 0 Å². The molecule has 0 amide bonds. The molecule has 0 bridgehead atoms. The summed E-state index contributed by atoms with van der Waals surface area (Å²) in [5, 5.41) is 0. The molecule has 96 valence electrons. The summed E-state index contributed by atoms with van der Waals surface area (Å²) in [6.45, 7) is 0. The first-order chi connectivity index (χ1) is 7.20. The molecule has 0 saturated heterocycles. The number of hydrogen-bond donors (Lipinski definition) is 0. The van der Waals surface area contributed by atoms with Crippen LogP contribution in [0.25, 0.3) is 0 Å². The summed E-state index contributed by atoms with van der Waals surface area (Å²) >= 11 is 0. The second-order valence-corrected chi connectivity index (χ2v) is 4.39. The second-order valence-electron chi connectivity index (χ2n) is 4.39. The lowest BCUT2D eigenvalue weighted by Gasteiger charge is -2.03. The fraction of sp³-hybridized carbons (Fsp3) is 1.00. The average Bonchev–Trinajstić information content (AvgIpc) is 2.56. The summed E-state index contributed by atoms with van der Waals surface area (Å²) in [4.78, 5) is 0. The molecular weight excluding hydrogens is 234 g/mol. The molecule has 2 aliphatic carbocycles. The molecule has 0 radical (unpaired) electrons. The zero-order valence-electron chi connectivity index (χ0n) is 8.67. The first-order valence-electron chi connectivity index (χ1n) is 5.24. The molecule has 0 nitrogen and oxygen atoms in total. The Morgan fingerprint density at radius 2 is 1.00 bits per heavy atom. The van der Waals surface area contributed by atoms with Gasteiger partial charge in [-0.25, -0.2) is 26.3 Å². The van der Waals surface area contributed by atoms with E-state index in [1.807, 2.05) is 0 Å². The zero-order chi connectivity index (χ0) is 12.4. The van der Waals surface area contributed by atoms with E-state index in [1.165, 1.54) is 0 Å². The van der Waals surface area contributed by atoms with Crippen LogP contribution in [0.3, 0.4) is 0 Å². The largest absolute Gasteiger partial charge is 0.251 e. The van der Waals surface area contributed by atoms with Crippen LogP contribution >= 0.6 is 0 Å². The molecule has 1 unspecified atom stereocenters. The topological polar surface area (TPSA) is 0 Å². The molecule has 0 N–H and O–H groups in total. The lowest BCUT2D eigenvalue weighted by Crippen LogP contribution is -2.09. The van der Waals surface area contributed by atoms with Crippen LogP contribution in [0.5, 0.6) is 0 Å². The highest BCUT2D eigenvalue weighted by Gasteiger charge is 2.40. The van der Waals surface area contributed by atoms with E-state index in [0.29, 0.717) is 0 Å². The summed E-state index contributed by atoms with van der Waals surface area (Å²) in [7, 11) is 0. The molecule has 0 aromatic heterocycles. The predicted octanol–water partition coefficient (Wildman–Crippen LogP) is 4.29. The van der Waals surface area contributed by atoms with Crippen molar-refractivity contribution in [1.29, 1.82) is 0 Å². The lowest BCUT2D eigenvalue weighted by atomic mass is 10.3. The highest BCUT2D eigenvalue weighted by molar-refractivity contribution is 4.81. The third kappa shape index (κ3) is 4.61. The molecule has 0 spiro atoms. The minimum absolute atomic E-state index is 0.0347. The van der Waals surface area contributed by atoms with Gasteiger partial charge in [0.1, 0.15) is 12.3 Å². The van der Waals surface area contributed by atoms with E-state index in [2.05, 4.69) is 0 Å². The van der Waals surface area contributed by atoms with E-state index in [9.17, 15) is 26.3 Å². The molecular formula is C10H14F6. The maximum Gasteiger partial charge on any atom is 0.251 e. The molecule has 0 aliphatic heterocycles. The molecule has 2 rings (SSSR count). The Bertz CT molecular complexity index is 203. The van der Waals surface area contributed by atoms with Crippen molar-refractivity contribution in [3.8, 4) is 0 Å². The van der Waals surface area contributed by atoms with Crippen LogP contribution in [0.4, 0.5) is 26.3 Å². The van der Waals surface area contributed by atoms with E-state index < -0.39 is 37.0 Å². The van der Waals surface area contributed by atoms with Gasteiger partial charge in [-0.15, -0.1) is 0 Å². The van der Waals surface area contributed by atoms with Gasteiger partial charge < -0.3 is 0 Å². The van der Waals surface area contributed by atoms with Crippen molar-refractivity contribution in [2.45, 2.75) is 62.7 Å². The van der Waals surface area contributed by atoms with Crippen molar-refractivity contribution in [3.05, 3.63) is 0 Å². The van der Waals surface area contributed by atoms with E-state index in [-0.39, 0.29) is 25.7 Å². The van der Waals surface area contributed by atoms with Gasteiger partial charge in [-0.2, -0.15) is 0 Å². The first kappa shape index (κ1) is 13.6. The van der Waals surface area contributed by atoms with Gasteiger partial charge in [0.2, 0.25) is 0 Å². The molecule has 0 aromatic carbocycles. The molecule has 2 fully saturated rings. The number of alkyl halides is 6. The zero-order valence-corrected chi connectivity index (χ0v) is 8.67. The van der Waals surface area contributed by atoms with Crippen molar-refractivity contribution in [2.24, 2.45) is 0 Å². The van der Waals surface area contributed by atoms with Crippen molar-refractivity contribution < 1.29 is 26.3 Å². The second kappa shape index (κ2) is 4.84. The number of rotatable bonds is 0. The van der Waals surface area contributed by atoms with Crippen molar-refractivity contribution >= 4 is 0 Å². The molecule has 2 saturated carbocycles. The minimum Gasteiger partial charge on any atom is -0.247 e. The third-order valence-corrected chi connectivity index (χ3v) is 2.69. The monoisotopic (exact) mass is 248 g/mol. The van der Waals surface area contributed by atoms with Gasteiger partial charge >= 0.3 is 0 Å². The Morgan fingerprint density at radius 1 is 0.688 bits per heavy atom. The van der Waals surface area contributed by atoms with Crippen LogP contribution < -0.4 is 0 Å². The summed E-state index contributed by atoms with van der Waals surface area (Å²) < 4.78 is 71.7. The van der Waals surface area contributed by atoms with E-state index in [4.69, 9.17) is 0 Å². The van der Waals surface area contributed by atoms with Gasteiger partial charge in [0, 0.05) is 25.7 Å². The van der Waals surface area contributed by atoms with Crippen LogP contribution in [0, 0.1) is 0 Å². The molecule has 6 heteroatoms.